The van der Waals surface area contributed by atoms with E-state index in [9.17, 15) is 95.9 Å². The van der Waals surface area contributed by atoms with Crippen LogP contribution in [0, 0.1) is 0 Å². The van der Waals surface area contributed by atoms with E-state index in [0.717, 1.165) is 24.3 Å². The number of nitrogens with zero attached hydrogens (tertiary/aromatic N) is 2. The Kier molecular flexibility index (Phi) is 81.1. The van der Waals surface area contributed by atoms with Crippen molar-refractivity contribution in [3.8, 4) is 0 Å². The molecular weight excluding hydrogens is 1980 g/mol. The first-order valence-electron chi connectivity index (χ1n) is 48.4. The molecule has 58 heteroatoms. The zero-order valence-electron chi connectivity index (χ0n) is 84.2. The van der Waals surface area contributed by atoms with Crippen molar-refractivity contribution in [2.75, 3.05) is 344 Å². The molecule has 0 aromatic rings. The normalized spacial score (nSPS) is 12.9. The van der Waals surface area contributed by atoms with Crippen molar-refractivity contribution >= 4 is 118 Å². The Labute approximate surface area is 856 Å². The molecule has 0 aromatic heterocycles. The van der Waals surface area contributed by atoms with Gasteiger partial charge in [-0.15, -0.1) is 0 Å². The molecule has 0 radical (unpaired) electrons. The lowest BCUT2D eigenvalue weighted by Crippen LogP contribution is -2.66. The first-order valence-corrected chi connectivity index (χ1v) is 48.4. The van der Waals surface area contributed by atoms with Crippen LogP contribution in [0.4, 0.5) is 0 Å². The molecule has 2 aliphatic heterocycles. The van der Waals surface area contributed by atoms with Crippen LogP contribution in [0.3, 0.4) is 0 Å². The molecule has 0 saturated heterocycles. The highest BCUT2D eigenvalue weighted by atomic mass is 16.6. The number of carbonyl (C=O) groups excluding carboxylic acids is 18. The number of aliphatic carboxylic acids is 2. The quantitative estimate of drug-likeness (QED) is 0.0199. The number of hydrogen-bond acceptors (Lipinski definition) is 40. The minimum atomic E-state index is -2.31. The summed E-state index contributed by atoms with van der Waals surface area (Å²) in [4.78, 5) is 259. The number of ether oxygens (including phenoxy) is 20. The van der Waals surface area contributed by atoms with Gasteiger partial charge in [-0.3, -0.25) is 106 Å². The van der Waals surface area contributed by atoms with Crippen LogP contribution in [0.5, 0.6) is 0 Å². The molecule has 0 fully saturated rings. The van der Waals surface area contributed by atoms with Crippen molar-refractivity contribution in [2.24, 2.45) is 0 Å². The van der Waals surface area contributed by atoms with Crippen LogP contribution in [0.1, 0.15) is 64.2 Å². The number of amides is 18. The average molecular weight is 2130 g/mol. The van der Waals surface area contributed by atoms with Gasteiger partial charge in [0, 0.05) is 77.5 Å². The number of methoxy groups -OCH3 is 2. The summed E-state index contributed by atoms with van der Waals surface area (Å²) in [5, 5.41) is 50.3. The molecule has 58 nitrogen and oxygen atoms in total. The van der Waals surface area contributed by atoms with Gasteiger partial charge in [-0.2, -0.15) is 0 Å². The molecule has 0 bridgehead atoms. The number of hydrogen-bond donors (Lipinski definition) is 16. The lowest BCUT2D eigenvalue weighted by atomic mass is 10.0. The highest BCUT2D eigenvalue weighted by Crippen LogP contribution is 2.22. The summed E-state index contributed by atoms with van der Waals surface area (Å²) in [5.41, 5.74) is 0. The van der Waals surface area contributed by atoms with Crippen LogP contribution in [-0.2, 0) is 191 Å². The molecule has 18 amide bonds. The maximum Gasteiger partial charge on any atom is 0.322 e. The zero-order valence-corrected chi connectivity index (χ0v) is 84.2. The number of carboxylic acid groups (broad SMARTS) is 2. The Morgan fingerprint density at radius 2 is 0.432 bits per heavy atom. The van der Waals surface area contributed by atoms with Crippen LogP contribution < -0.4 is 74.4 Å². The lowest BCUT2D eigenvalue weighted by molar-refractivity contribution is -0.156. The van der Waals surface area contributed by atoms with E-state index in [1.165, 1.54) is 0 Å². The van der Waals surface area contributed by atoms with Crippen molar-refractivity contribution in [1.82, 2.24) is 84.2 Å². The fourth-order valence-electron chi connectivity index (χ4n) is 12.0. The van der Waals surface area contributed by atoms with Crippen LogP contribution in [-0.4, -0.2) is 506 Å². The molecule has 148 heavy (non-hydrogen) atoms. The van der Waals surface area contributed by atoms with E-state index in [1.54, 1.807) is 14.2 Å². The SMILES string of the molecule is COCCOCCOCCOCCOCCOCCOCCOCCOCCOCC(=O)NCCCC[C@H](NC(=O)CCCNC(=O)[C@H]([C@@H](C(=O)NCCCC(=O)N[C@@H](CCCCNC(=O)COCCOCCOCCOCCOCCOCCOCCOCCOCCOC)C(=O)NCC(=O)NCC(=O)NCC(=O)NCC(=O)O)N1C(=O)C=CC1=O)N1C(=O)C=CC1=O)C(=O)NCC(=O)NCC(=O)NCC(=O)NCC(=O)O. The second-order valence-corrected chi connectivity index (χ2v) is 31.1. The van der Waals surface area contributed by atoms with E-state index in [2.05, 4.69) is 63.8 Å². The van der Waals surface area contributed by atoms with Gasteiger partial charge < -0.3 is 179 Å². The maximum atomic E-state index is 14.5. The fraction of sp³-hybridized carbons (Fsp3) is 0.733. The molecular formula is C90H150N16O42. The van der Waals surface area contributed by atoms with Crippen molar-refractivity contribution in [3.63, 3.8) is 0 Å². The van der Waals surface area contributed by atoms with Crippen LogP contribution >= 0.6 is 0 Å². The minimum Gasteiger partial charge on any atom is -0.480 e. The van der Waals surface area contributed by atoms with E-state index in [-0.39, 0.29) is 131 Å². The number of rotatable bonds is 101. The topological polar surface area (TPSA) is 741 Å². The fourth-order valence-corrected chi connectivity index (χ4v) is 12.0. The smallest absolute Gasteiger partial charge is 0.322 e. The van der Waals surface area contributed by atoms with Gasteiger partial charge in [0.25, 0.3) is 23.6 Å². The lowest BCUT2D eigenvalue weighted by Gasteiger charge is -2.35. The Morgan fingerprint density at radius 1 is 0.230 bits per heavy atom. The summed E-state index contributed by atoms with van der Waals surface area (Å²) in [6.45, 7) is 6.33. The Morgan fingerprint density at radius 3 is 0.655 bits per heavy atom. The molecule has 16 N–H and O–H groups in total. The molecule has 0 aromatic carbocycles. The van der Waals surface area contributed by atoms with Gasteiger partial charge in [0.15, 0.2) is 0 Å². The summed E-state index contributed by atoms with van der Waals surface area (Å²) < 4.78 is 108. The Bertz CT molecular complexity index is 3660. The number of carbonyl (C=O) groups is 20. The monoisotopic (exact) mass is 2130 g/mol. The minimum absolute atomic E-state index is 0.0692. The molecule has 4 atom stereocenters. The standard InChI is InChI=1S/C90H150N16O42/c1-129-21-23-131-25-27-133-29-31-135-33-35-137-37-39-139-41-43-141-45-47-143-49-51-145-53-55-147-65-77(115)91-17-5-3-9-67(87(125)101-61-75(113)97-57-71(109)95-59-73(111)99-63-83(121)122)103-69(107)11-7-19-93-89(127)85(105-79(117)13-14-80(105)118)86(106-81(119)15-16-82(106)120)90(128)94-20-8-12-70(108)104-68(88(126)102-62-76(114)98-58-72(110)96-60-74(112)100-64-84(123)124)10-4-6-18-92-78(116)66-148-56-54-146-52-50-144-48-46-142-44-42-140-40-38-138-36-34-136-32-30-134-28-26-132-24-22-130-2/h13-16,67-68,85-86H,3-12,17-66H2,1-2H3,(H,91,115)(H,92,116)(H,93,127)(H,94,128)(H,95,109)(H,96,110)(H,97,113)(H,98,114)(H,99,111)(H,100,112)(H,101,125)(H,102,126)(H,103,107)(H,104,108)(H,121,122)(H,123,124)/t67-,68-,85-,86-/m0/s1. The second-order valence-electron chi connectivity index (χ2n) is 31.1. The van der Waals surface area contributed by atoms with Crippen molar-refractivity contribution in [1.29, 1.82) is 0 Å². The van der Waals surface area contributed by atoms with E-state index in [0.29, 0.717) is 195 Å². The van der Waals surface area contributed by atoms with Crippen molar-refractivity contribution in [3.05, 3.63) is 24.3 Å². The molecule has 0 saturated carbocycles. The summed E-state index contributed by atoms with van der Waals surface area (Å²) >= 11 is 0. The first kappa shape index (κ1) is 133. The predicted octanol–water partition coefficient (Wildman–Crippen LogP) is -10.4. The van der Waals surface area contributed by atoms with Gasteiger partial charge in [-0.1, -0.05) is 0 Å². The van der Waals surface area contributed by atoms with E-state index < -0.39 is 221 Å². The van der Waals surface area contributed by atoms with Gasteiger partial charge in [0.2, 0.25) is 82.7 Å². The van der Waals surface area contributed by atoms with Gasteiger partial charge in [-0.05, 0) is 51.4 Å². The number of nitrogens with one attached hydrogen (secondary N) is 14. The zero-order chi connectivity index (χ0) is 108. The summed E-state index contributed by atoms with van der Waals surface area (Å²) in [6.07, 6.45) is 2.14. The largest absolute Gasteiger partial charge is 0.480 e. The third-order valence-electron chi connectivity index (χ3n) is 19.4. The highest BCUT2D eigenvalue weighted by molar-refractivity contribution is 6.19. The molecule has 2 aliphatic rings. The predicted molar refractivity (Wildman–Crippen MR) is 509 cm³/mol. The van der Waals surface area contributed by atoms with Crippen LogP contribution in [0.25, 0.3) is 0 Å². The Balaban J connectivity index is 1.99. The third-order valence-corrected chi connectivity index (χ3v) is 19.4. The summed E-state index contributed by atoms with van der Waals surface area (Å²) in [6, 6.07) is -7.35. The summed E-state index contributed by atoms with van der Waals surface area (Å²) in [5.74, 6) is -19.5. The van der Waals surface area contributed by atoms with Gasteiger partial charge in [-0.25, -0.2) is 0 Å². The van der Waals surface area contributed by atoms with Crippen molar-refractivity contribution < 1.29 is 201 Å². The second kappa shape index (κ2) is 90.6. The van der Waals surface area contributed by atoms with Gasteiger partial charge >= 0.3 is 11.9 Å². The number of carboxylic acids is 2. The maximum absolute atomic E-state index is 14.5. The highest BCUT2D eigenvalue weighted by Gasteiger charge is 2.50. The Hall–Kier alpha value is -11.5. The number of unbranched alkanes of at least 4 members (excludes halogenated alkanes) is 2. The van der Waals surface area contributed by atoms with Crippen molar-refractivity contribution in [2.45, 2.75) is 88.4 Å². The van der Waals surface area contributed by atoms with E-state index in [4.69, 9.17) is 105 Å². The molecule has 0 spiro atoms. The average Bonchev–Trinajstić information content (AvgIpc) is 1.60. The molecule has 0 unspecified atom stereocenters. The number of imide groups is 2. The summed E-state index contributed by atoms with van der Waals surface area (Å²) in [7, 11) is 3.21. The molecule has 0 aliphatic carbocycles. The molecule has 2 heterocycles. The molecule has 2 rings (SSSR count). The van der Waals surface area contributed by atoms with Gasteiger partial charge in [0.1, 0.15) is 50.5 Å². The van der Waals surface area contributed by atoms with Crippen LogP contribution in [0.15, 0.2) is 24.3 Å². The van der Waals surface area contributed by atoms with E-state index in [1.807, 2.05) is 10.6 Å². The van der Waals surface area contributed by atoms with E-state index >= 15 is 0 Å². The van der Waals surface area contributed by atoms with Crippen LogP contribution in [0.2, 0.25) is 0 Å². The third kappa shape index (κ3) is 73.6. The molecule has 842 valence electrons. The first-order chi connectivity index (χ1) is 71.7. The van der Waals surface area contributed by atoms with Gasteiger partial charge in [0.05, 0.1) is 277 Å².